The van der Waals surface area contributed by atoms with E-state index in [2.05, 4.69) is 0 Å². The van der Waals surface area contributed by atoms with Crippen LogP contribution in [0.5, 0.6) is 0 Å². The molecule has 5 rings (SSSR count). The van der Waals surface area contributed by atoms with Crippen LogP contribution in [-0.2, 0) is 33.3 Å². The third-order valence-corrected chi connectivity index (χ3v) is 10.0. The number of aliphatic hydroxyl groups is 1. The van der Waals surface area contributed by atoms with E-state index < -0.39 is 82.8 Å². The maximum Gasteiger partial charge on any atom is 0.511 e. The van der Waals surface area contributed by atoms with Crippen molar-refractivity contribution in [3.8, 4) is 0 Å². The van der Waals surface area contributed by atoms with Crippen LogP contribution in [-0.4, -0.2) is 71.9 Å². The average Bonchev–Trinajstić information content (AvgIpc) is 3.35. The Morgan fingerprint density at radius 1 is 1.20 bits per heavy atom. The lowest BCUT2D eigenvalue weighted by atomic mass is 9.44. The normalized spacial score (nSPS) is 45.9. The second-order valence-electron chi connectivity index (χ2n) is 12.1. The molecule has 11 atom stereocenters. The van der Waals surface area contributed by atoms with Gasteiger partial charge in [-0.05, 0) is 63.2 Å². The highest BCUT2D eigenvalue weighted by Crippen LogP contribution is 2.72. The minimum absolute atomic E-state index is 0.0224. The Morgan fingerprint density at radius 3 is 2.60 bits per heavy atom. The Hall–Kier alpha value is -2.37. The second kappa shape index (κ2) is 9.87. The molecule has 1 saturated heterocycles. The highest BCUT2D eigenvalue weighted by molar-refractivity contribution is 6.01. The number of hydrogen-bond donors (Lipinski definition) is 1. The topological polar surface area (TPSA) is 118 Å². The van der Waals surface area contributed by atoms with Gasteiger partial charge in [-0.1, -0.05) is 26.3 Å². The van der Waals surface area contributed by atoms with Crippen LogP contribution in [0, 0.1) is 22.7 Å². The molecule has 40 heavy (non-hydrogen) atoms. The van der Waals surface area contributed by atoms with Gasteiger partial charge in [0, 0.05) is 23.7 Å². The van der Waals surface area contributed by atoms with Gasteiger partial charge >= 0.3 is 12.1 Å². The van der Waals surface area contributed by atoms with Gasteiger partial charge in [-0.15, -0.1) is 0 Å². The smallest absolute Gasteiger partial charge is 0.435 e. The molecule has 9 nitrogen and oxygen atoms in total. The molecule has 11 heteroatoms. The van der Waals surface area contributed by atoms with Crippen molar-refractivity contribution in [1.29, 1.82) is 0 Å². The fraction of sp³-hybridized carbons (Fsp3) is 0.759. The third kappa shape index (κ3) is 3.83. The molecule has 4 aliphatic carbocycles. The van der Waals surface area contributed by atoms with Crippen molar-refractivity contribution in [2.24, 2.45) is 22.7 Å². The Morgan fingerprint density at radius 2 is 1.93 bits per heavy atom. The number of carbonyl (C=O) groups is 3. The summed E-state index contributed by atoms with van der Waals surface area (Å²) in [6.45, 7) is 8.22. The number of halogens is 2. The molecule has 0 aromatic heterocycles. The highest BCUT2D eigenvalue weighted by Gasteiger charge is 2.81. The van der Waals surface area contributed by atoms with Gasteiger partial charge in [-0.2, -0.15) is 0 Å². The van der Waals surface area contributed by atoms with Crippen LogP contribution in [0.1, 0.15) is 66.7 Å². The van der Waals surface area contributed by atoms with Crippen LogP contribution < -0.4 is 0 Å². The molecule has 0 radical (unpaired) electrons. The summed E-state index contributed by atoms with van der Waals surface area (Å²) in [5.74, 6) is -2.94. The summed E-state index contributed by atoms with van der Waals surface area (Å²) >= 11 is 0. The van der Waals surface area contributed by atoms with E-state index in [4.69, 9.17) is 23.7 Å². The summed E-state index contributed by atoms with van der Waals surface area (Å²) < 4.78 is 61.1. The first-order valence-corrected chi connectivity index (χ1v) is 14.1. The number of alkyl halides is 2. The number of fused-ring (bicyclic) bond motifs is 7. The van der Waals surface area contributed by atoms with Crippen molar-refractivity contribution >= 4 is 17.9 Å². The Bertz CT molecular complexity index is 1140. The molecule has 222 valence electrons. The molecule has 0 bridgehead atoms. The van der Waals surface area contributed by atoms with Crippen molar-refractivity contribution in [3.63, 3.8) is 0 Å². The molecule has 0 aromatic rings. The van der Waals surface area contributed by atoms with E-state index in [0.29, 0.717) is 12.8 Å². The number of ether oxygens (including phenoxy) is 5. The van der Waals surface area contributed by atoms with Crippen molar-refractivity contribution in [2.45, 2.75) is 109 Å². The molecule has 0 aromatic carbocycles. The molecule has 3 saturated carbocycles. The van der Waals surface area contributed by atoms with E-state index >= 15 is 8.78 Å². The predicted molar refractivity (Wildman–Crippen MR) is 135 cm³/mol. The molecular weight excluding hydrogens is 530 g/mol. The maximum atomic E-state index is 17.5. The van der Waals surface area contributed by atoms with Crippen molar-refractivity contribution in [2.75, 3.05) is 6.61 Å². The summed E-state index contributed by atoms with van der Waals surface area (Å²) in [5.41, 5.74) is -6.81. The first-order chi connectivity index (χ1) is 18.8. The van der Waals surface area contributed by atoms with Gasteiger partial charge in [0.15, 0.2) is 23.3 Å². The van der Waals surface area contributed by atoms with Crippen LogP contribution in [0.2, 0.25) is 0 Å². The molecule has 4 fully saturated rings. The molecule has 0 amide bonds. The SMILES string of the molecule is CCC[C@@H]1O[C@@H]2C[C@H]3[C@@H]4C[C@H](F)C5=CC(=O)C=C[C@]5(C)C4(F)[C@@H](O)C[C@]3(C)[C@]2(C(=O)O[C@H](C)OC(=O)OCC)O1. The van der Waals surface area contributed by atoms with Crippen LogP contribution in [0.15, 0.2) is 23.8 Å². The standard InChI is InChI=1S/C29H38F2O9/c1-6-8-23-39-22-13-17-18-12-20(30)19-11-16(32)9-10-26(19,4)28(18,31)21(33)14-27(17,5)29(22,40-23)24(34)37-15(3)38-25(35)36-7-2/h9-11,15,17-18,20-23,33H,6-8,12-14H2,1-5H3/t15-,17-,18-,20-,21-,22+,23+,26-,27-,28?,29-/m0/s1. The molecule has 1 aliphatic heterocycles. The van der Waals surface area contributed by atoms with E-state index in [0.717, 1.165) is 6.08 Å². The van der Waals surface area contributed by atoms with Crippen molar-refractivity contribution in [1.82, 2.24) is 0 Å². The maximum absolute atomic E-state index is 17.5. The quantitative estimate of drug-likeness (QED) is 0.371. The highest BCUT2D eigenvalue weighted by atomic mass is 19.1. The first kappa shape index (κ1) is 29.1. The molecule has 5 aliphatic rings. The molecular formula is C29H38F2O9. The van der Waals surface area contributed by atoms with E-state index in [1.807, 2.05) is 6.92 Å². The zero-order valence-corrected chi connectivity index (χ0v) is 23.5. The number of rotatable bonds is 6. The summed E-state index contributed by atoms with van der Waals surface area (Å²) in [5, 5.41) is 11.6. The lowest BCUT2D eigenvalue weighted by molar-refractivity contribution is -0.247. The Kier molecular flexibility index (Phi) is 7.19. The van der Waals surface area contributed by atoms with Gasteiger partial charge in [0.1, 0.15) is 12.3 Å². The van der Waals surface area contributed by atoms with Gasteiger partial charge in [0.05, 0.1) is 12.7 Å². The van der Waals surface area contributed by atoms with Crippen molar-refractivity contribution in [3.05, 3.63) is 23.8 Å². The van der Waals surface area contributed by atoms with Crippen molar-refractivity contribution < 1.29 is 52.0 Å². The average molecular weight is 569 g/mol. The largest absolute Gasteiger partial charge is 0.511 e. The zero-order chi connectivity index (χ0) is 29.3. The summed E-state index contributed by atoms with van der Waals surface area (Å²) in [6, 6.07) is 0. The predicted octanol–water partition coefficient (Wildman–Crippen LogP) is 4.26. The fourth-order valence-electron chi connectivity index (χ4n) is 8.28. The number of allylic oxidation sites excluding steroid dienone is 4. The lowest BCUT2D eigenvalue weighted by Crippen LogP contribution is -2.71. The summed E-state index contributed by atoms with van der Waals surface area (Å²) in [7, 11) is 0. The van der Waals surface area contributed by atoms with Crippen LogP contribution in [0.25, 0.3) is 0 Å². The van der Waals surface area contributed by atoms with Gasteiger partial charge in [-0.25, -0.2) is 18.4 Å². The molecule has 0 spiro atoms. The monoisotopic (exact) mass is 568 g/mol. The minimum atomic E-state index is -2.31. The fourth-order valence-corrected chi connectivity index (χ4v) is 8.28. The zero-order valence-electron chi connectivity index (χ0n) is 23.5. The third-order valence-electron chi connectivity index (χ3n) is 10.0. The Balaban J connectivity index is 1.53. The van der Waals surface area contributed by atoms with E-state index in [9.17, 15) is 19.5 Å². The second-order valence-corrected chi connectivity index (χ2v) is 12.1. The number of carbonyl (C=O) groups excluding carboxylic acids is 3. The van der Waals surface area contributed by atoms with Gasteiger partial charge in [0.2, 0.25) is 6.29 Å². The summed E-state index contributed by atoms with van der Waals surface area (Å²) in [4.78, 5) is 37.9. The van der Waals surface area contributed by atoms with Gasteiger partial charge in [-0.3, -0.25) is 4.79 Å². The molecule has 1 heterocycles. The minimum Gasteiger partial charge on any atom is -0.435 e. The van der Waals surface area contributed by atoms with Crippen LogP contribution in [0.3, 0.4) is 0 Å². The van der Waals surface area contributed by atoms with Crippen LogP contribution >= 0.6 is 0 Å². The van der Waals surface area contributed by atoms with E-state index in [-0.39, 0.29) is 31.4 Å². The Labute approximate surface area is 232 Å². The van der Waals surface area contributed by atoms with Gasteiger partial charge < -0.3 is 28.8 Å². The summed E-state index contributed by atoms with van der Waals surface area (Å²) in [6.07, 6.45) is -2.56. The first-order valence-electron chi connectivity index (χ1n) is 14.1. The number of esters is 1. The molecule has 1 N–H and O–H groups in total. The van der Waals surface area contributed by atoms with E-state index in [1.165, 1.54) is 26.0 Å². The number of aliphatic hydroxyl groups excluding tert-OH is 1. The number of ketones is 1. The van der Waals surface area contributed by atoms with Crippen LogP contribution in [0.4, 0.5) is 13.6 Å². The molecule has 1 unspecified atom stereocenters. The lowest BCUT2D eigenvalue weighted by Gasteiger charge is -2.62. The van der Waals surface area contributed by atoms with E-state index in [1.54, 1.807) is 13.8 Å². The van der Waals surface area contributed by atoms with Gasteiger partial charge in [0.25, 0.3) is 0 Å². The number of hydrogen-bond acceptors (Lipinski definition) is 9.